The molecule has 1 fully saturated rings. The van der Waals surface area contributed by atoms with Gasteiger partial charge < -0.3 is 14.5 Å². The number of imide groups is 2. The van der Waals surface area contributed by atoms with Crippen LogP contribution in [0.1, 0.15) is 39.3 Å². The Morgan fingerprint density at radius 1 is 1.15 bits per heavy atom. The van der Waals surface area contributed by atoms with Gasteiger partial charge in [-0.3, -0.25) is 29.4 Å². The number of benzene rings is 2. The molecule has 2 aliphatic rings. The second-order valence-corrected chi connectivity index (χ2v) is 7.89. The number of hydrogen-bond donors (Lipinski definition) is 2. The third-order valence-electron chi connectivity index (χ3n) is 5.79. The highest BCUT2D eigenvalue weighted by atomic mass is 16.5. The maximum atomic E-state index is 13.2. The Morgan fingerprint density at radius 3 is 2.76 bits per heavy atom. The number of aromatic nitrogens is 1. The summed E-state index contributed by atoms with van der Waals surface area (Å²) in [4.78, 5) is 55.1. The third-order valence-corrected chi connectivity index (χ3v) is 5.79. The minimum Gasteiger partial charge on any atom is -0.497 e. The van der Waals surface area contributed by atoms with Gasteiger partial charge in [0.2, 0.25) is 17.7 Å². The highest BCUT2D eigenvalue weighted by Gasteiger charge is 2.45. The van der Waals surface area contributed by atoms with Crippen LogP contribution in [0.5, 0.6) is 5.75 Å². The van der Waals surface area contributed by atoms with Gasteiger partial charge in [0.05, 0.1) is 31.0 Å². The molecule has 0 saturated carbocycles. The molecule has 1 saturated heterocycles. The average Bonchev–Trinajstić information content (AvgIpc) is 3.42. The van der Waals surface area contributed by atoms with Gasteiger partial charge in [0.15, 0.2) is 0 Å². The molecular weight excluding hydrogens is 440 g/mol. The quantitative estimate of drug-likeness (QED) is 0.536. The predicted molar refractivity (Wildman–Crippen MR) is 119 cm³/mol. The number of carbonyl (C=O) groups is 4. The number of fused-ring (bicyclic) bond motifs is 1. The first-order valence-corrected chi connectivity index (χ1v) is 10.6. The zero-order valence-electron chi connectivity index (χ0n) is 18.2. The zero-order chi connectivity index (χ0) is 23.8. The second kappa shape index (κ2) is 8.47. The van der Waals surface area contributed by atoms with Crippen LogP contribution in [0.15, 0.2) is 53.1 Å². The summed E-state index contributed by atoms with van der Waals surface area (Å²) in [6.45, 7) is 0.216. The van der Waals surface area contributed by atoms with Crippen molar-refractivity contribution in [1.29, 1.82) is 0 Å². The van der Waals surface area contributed by atoms with E-state index >= 15 is 0 Å². The molecule has 3 heterocycles. The van der Waals surface area contributed by atoms with E-state index in [2.05, 4.69) is 15.6 Å². The topological polar surface area (TPSA) is 131 Å². The van der Waals surface area contributed by atoms with Gasteiger partial charge in [-0.05, 0) is 36.8 Å². The van der Waals surface area contributed by atoms with Crippen molar-refractivity contribution in [1.82, 2.24) is 15.2 Å². The number of oxazole rings is 1. The fourth-order valence-electron chi connectivity index (χ4n) is 4.12. The summed E-state index contributed by atoms with van der Waals surface area (Å²) >= 11 is 0. The van der Waals surface area contributed by atoms with Crippen LogP contribution in [0.2, 0.25) is 0 Å². The van der Waals surface area contributed by atoms with Gasteiger partial charge in [0, 0.05) is 17.7 Å². The molecule has 172 valence electrons. The van der Waals surface area contributed by atoms with Gasteiger partial charge in [-0.25, -0.2) is 4.98 Å². The van der Waals surface area contributed by atoms with Crippen molar-refractivity contribution in [2.24, 2.45) is 0 Å². The third kappa shape index (κ3) is 3.68. The summed E-state index contributed by atoms with van der Waals surface area (Å²) in [7, 11) is 1.58. The lowest BCUT2D eigenvalue weighted by atomic mass is 10.0. The van der Waals surface area contributed by atoms with Crippen LogP contribution in [-0.2, 0) is 16.1 Å². The molecular formula is C24H20N4O6. The van der Waals surface area contributed by atoms with E-state index < -0.39 is 29.7 Å². The Bertz CT molecular complexity index is 1330. The van der Waals surface area contributed by atoms with Gasteiger partial charge in [-0.1, -0.05) is 12.1 Å². The Kier molecular flexibility index (Phi) is 5.33. The summed E-state index contributed by atoms with van der Waals surface area (Å²) in [6.07, 6.45) is 1.74. The Hall–Kier alpha value is -4.47. The number of hydrogen-bond acceptors (Lipinski definition) is 8. The minimum absolute atomic E-state index is 0.0655. The molecule has 0 bridgehead atoms. The SMILES string of the molecule is COc1cccc(-c2ncc(CNc3cccc4c3C(=O)N(C3CCC(=O)NC3=O)C4=O)o2)c1. The van der Waals surface area contributed by atoms with Crippen LogP contribution >= 0.6 is 0 Å². The van der Waals surface area contributed by atoms with Crippen LogP contribution in [0.25, 0.3) is 11.5 Å². The molecule has 4 amide bonds. The van der Waals surface area contributed by atoms with Crippen molar-refractivity contribution in [3.05, 3.63) is 65.5 Å². The van der Waals surface area contributed by atoms with Crippen molar-refractivity contribution in [3.63, 3.8) is 0 Å². The Morgan fingerprint density at radius 2 is 1.97 bits per heavy atom. The van der Waals surface area contributed by atoms with Crippen LogP contribution in [0.3, 0.4) is 0 Å². The Labute approximate surface area is 193 Å². The van der Waals surface area contributed by atoms with Crippen LogP contribution < -0.4 is 15.4 Å². The van der Waals surface area contributed by atoms with E-state index in [1.54, 1.807) is 37.6 Å². The molecule has 2 aliphatic heterocycles. The molecule has 1 unspecified atom stereocenters. The number of methoxy groups -OCH3 is 1. The van der Waals surface area contributed by atoms with Crippen molar-refractivity contribution in [3.8, 4) is 17.2 Å². The monoisotopic (exact) mass is 460 g/mol. The molecule has 1 aromatic heterocycles. The molecule has 0 radical (unpaired) electrons. The maximum Gasteiger partial charge on any atom is 0.264 e. The first kappa shape index (κ1) is 21.4. The normalized spacial score (nSPS) is 17.6. The molecule has 10 nitrogen and oxygen atoms in total. The number of amides is 4. The molecule has 0 spiro atoms. The van der Waals surface area contributed by atoms with Gasteiger partial charge in [-0.15, -0.1) is 0 Å². The zero-order valence-corrected chi connectivity index (χ0v) is 18.2. The largest absolute Gasteiger partial charge is 0.497 e. The van der Waals surface area contributed by atoms with Crippen molar-refractivity contribution < 1.29 is 28.3 Å². The number of piperidine rings is 1. The van der Waals surface area contributed by atoms with E-state index in [9.17, 15) is 19.2 Å². The fraction of sp³-hybridized carbons (Fsp3) is 0.208. The van der Waals surface area contributed by atoms with Gasteiger partial charge >= 0.3 is 0 Å². The highest BCUT2D eigenvalue weighted by molar-refractivity contribution is 6.25. The predicted octanol–water partition coefficient (Wildman–Crippen LogP) is 2.36. The summed E-state index contributed by atoms with van der Waals surface area (Å²) in [5.74, 6) is -0.574. The molecule has 2 aromatic carbocycles. The van der Waals surface area contributed by atoms with Crippen LogP contribution in [0.4, 0.5) is 5.69 Å². The lowest BCUT2D eigenvalue weighted by Gasteiger charge is -2.27. The highest BCUT2D eigenvalue weighted by Crippen LogP contribution is 2.33. The first-order valence-electron chi connectivity index (χ1n) is 10.6. The van der Waals surface area contributed by atoms with Crippen LogP contribution in [-0.4, -0.2) is 46.7 Å². The molecule has 10 heteroatoms. The number of carbonyl (C=O) groups excluding carboxylic acids is 4. The maximum absolute atomic E-state index is 13.2. The number of anilines is 1. The first-order chi connectivity index (χ1) is 16.5. The standard InChI is InChI=1S/C24H20N4O6/c1-33-14-5-2-4-13(10-14)22-26-12-15(34-22)11-25-17-7-3-6-16-20(17)24(32)28(23(16)31)18-8-9-19(29)27-21(18)30/h2-7,10,12,18,25H,8-9,11H2,1H3,(H,27,29,30). The molecule has 2 N–H and O–H groups in total. The summed E-state index contributed by atoms with van der Waals surface area (Å²) < 4.78 is 11.0. The fourth-order valence-corrected chi connectivity index (χ4v) is 4.12. The Balaban J connectivity index is 1.35. The molecule has 0 aliphatic carbocycles. The van der Waals surface area contributed by atoms with E-state index in [4.69, 9.17) is 9.15 Å². The van der Waals surface area contributed by atoms with Crippen molar-refractivity contribution >= 4 is 29.3 Å². The number of rotatable bonds is 6. The van der Waals surface area contributed by atoms with Crippen LogP contribution in [0, 0.1) is 0 Å². The molecule has 34 heavy (non-hydrogen) atoms. The lowest BCUT2D eigenvalue weighted by Crippen LogP contribution is -2.54. The molecule has 5 rings (SSSR count). The number of nitrogens with one attached hydrogen (secondary N) is 2. The lowest BCUT2D eigenvalue weighted by molar-refractivity contribution is -0.136. The van der Waals surface area contributed by atoms with Crippen molar-refractivity contribution in [2.45, 2.75) is 25.4 Å². The van der Waals surface area contributed by atoms with Gasteiger partial charge in [0.25, 0.3) is 11.8 Å². The smallest absolute Gasteiger partial charge is 0.264 e. The summed E-state index contributed by atoms with van der Waals surface area (Å²) in [5, 5.41) is 5.32. The van der Waals surface area contributed by atoms with E-state index in [1.807, 2.05) is 18.2 Å². The van der Waals surface area contributed by atoms with E-state index in [1.165, 1.54) is 0 Å². The number of nitrogens with zero attached hydrogens (tertiary/aromatic N) is 2. The van der Waals surface area contributed by atoms with E-state index in [0.29, 0.717) is 23.1 Å². The van der Waals surface area contributed by atoms with E-state index in [-0.39, 0.29) is 30.5 Å². The minimum atomic E-state index is -1.02. The van der Waals surface area contributed by atoms with E-state index in [0.717, 1.165) is 10.5 Å². The van der Waals surface area contributed by atoms with Gasteiger partial charge in [0.1, 0.15) is 17.6 Å². The van der Waals surface area contributed by atoms with Crippen molar-refractivity contribution in [2.75, 3.05) is 12.4 Å². The average molecular weight is 460 g/mol. The molecule has 3 aromatic rings. The summed E-state index contributed by atoms with van der Waals surface area (Å²) in [6, 6.07) is 11.2. The van der Waals surface area contributed by atoms with Gasteiger partial charge in [-0.2, -0.15) is 0 Å². The molecule has 1 atom stereocenters. The summed E-state index contributed by atoms with van der Waals surface area (Å²) in [5.41, 5.74) is 1.58. The number of ether oxygens (including phenoxy) is 1. The second-order valence-electron chi connectivity index (χ2n) is 7.89.